The molecular formula is C16H22N6O4S. The van der Waals surface area contributed by atoms with Gasteiger partial charge < -0.3 is 26.3 Å². The SMILES string of the molecule is NC(=O)C1CCCN1C(=O)C(Cc1cnc[nH]1)NC(=O)C1CSCC(=O)N1. The molecule has 3 heterocycles. The number of primary amides is 1. The molecule has 146 valence electrons. The highest BCUT2D eigenvalue weighted by molar-refractivity contribution is 8.00. The smallest absolute Gasteiger partial charge is 0.246 e. The summed E-state index contributed by atoms with van der Waals surface area (Å²) in [7, 11) is 0. The van der Waals surface area contributed by atoms with Crippen LogP contribution in [0.3, 0.4) is 0 Å². The monoisotopic (exact) mass is 394 g/mol. The minimum atomic E-state index is -0.887. The summed E-state index contributed by atoms with van der Waals surface area (Å²) in [5.74, 6) is -0.804. The first kappa shape index (κ1) is 19.2. The van der Waals surface area contributed by atoms with Crippen molar-refractivity contribution in [2.24, 2.45) is 5.73 Å². The zero-order valence-electron chi connectivity index (χ0n) is 14.6. The summed E-state index contributed by atoms with van der Waals surface area (Å²) < 4.78 is 0. The molecule has 0 aromatic carbocycles. The van der Waals surface area contributed by atoms with Crippen LogP contribution < -0.4 is 16.4 Å². The second-order valence-electron chi connectivity index (χ2n) is 6.57. The lowest BCUT2D eigenvalue weighted by Crippen LogP contribution is -2.58. The lowest BCUT2D eigenvalue weighted by atomic mass is 10.1. The summed E-state index contributed by atoms with van der Waals surface area (Å²) in [4.78, 5) is 57.1. The number of hydrogen-bond acceptors (Lipinski definition) is 6. The largest absolute Gasteiger partial charge is 0.368 e. The molecule has 1 aromatic heterocycles. The molecule has 0 bridgehead atoms. The van der Waals surface area contributed by atoms with Crippen LogP contribution in [0.1, 0.15) is 18.5 Å². The molecule has 3 atom stereocenters. The van der Waals surface area contributed by atoms with Gasteiger partial charge in [0.2, 0.25) is 23.6 Å². The van der Waals surface area contributed by atoms with E-state index >= 15 is 0 Å². The number of aromatic nitrogens is 2. The van der Waals surface area contributed by atoms with Crippen LogP contribution in [-0.4, -0.2) is 74.7 Å². The van der Waals surface area contributed by atoms with Crippen LogP contribution in [0.5, 0.6) is 0 Å². The van der Waals surface area contributed by atoms with E-state index in [-0.39, 0.29) is 18.2 Å². The van der Waals surface area contributed by atoms with Gasteiger partial charge in [-0.05, 0) is 12.8 Å². The first-order valence-corrected chi connectivity index (χ1v) is 9.85. The molecule has 11 heteroatoms. The van der Waals surface area contributed by atoms with E-state index in [9.17, 15) is 19.2 Å². The van der Waals surface area contributed by atoms with Crippen molar-refractivity contribution < 1.29 is 19.2 Å². The maximum Gasteiger partial charge on any atom is 0.246 e. The highest BCUT2D eigenvalue weighted by Crippen LogP contribution is 2.19. The van der Waals surface area contributed by atoms with E-state index in [1.165, 1.54) is 23.0 Å². The van der Waals surface area contributed by atoms with Crippen LogP contribution in [0.25, 0.3) is 0 Å². The lowest BCUT2D eigenvalue weighted by molar-refractivity contribution is -0.141. The van der Waals surface area contributed by atoms with E-state index in [0.717, 1.165) is 0 Å². The summed E-state index contributed by atoms with van der Waals surface area (Å²) in [6, 6.07) is -2.25. The minimum absolute atomic E-state index is 0.195. The number of amides is 4. The van der Waals surface area contributed by atoms with Crippen LogP contribution in [0, 0.1) is 0 Å². The average molecular weight is 394 g/mol. The number of thioether (sulfide) groups is 1. The number of nitrogens with zero attached hydrogens (tertiary/aromatic N) is 2. The first-order chi connectivity index (χ1) is 13.0. The Kier molecular flexibility index (Phi) is 5.99. The molecule has 10 nitrogen and oxygen atoms in total. The maximum absolute atomic E-state index is 13.0. The normalized spacial score (nSPS) is 23.6. The molecule has 0 spiro atoms. The van der Waals surface area contributed by atoms with Gasteiger partial charge in [-0.25, -0.2) is 4.98 Å². The lowest BCUT2D eigenvalue weighted by Gasteiger charge is -2.29. The second-order valence-corrected chi connectivity index (χ2v) is 7.60. The van der Waals surface area contributed by atoms with Crippen LogP contribution >= 0.6 is 11.8 Å². The Hall–Kier alpha value is -2.56. The summed E-state index contributed by atoms with van der Waals surface area (Å²) >= 11 is 1.36. The van der Waals surface area contributed by atoms with E-state index in [0.29, 0.717) is 36.6 Å². The van der Waals surface area contributed by atoms with Gasteiger partial charge in [-0.15, -0.1) is 11.8 Å². The molecule has 3 rings (SSSR count). The average Bonchev–Trinajstić information content (AvgIpc) is 3.32. The fourth-order valence-electron chi connectivity index (χ4n) is 3.30. The molecular weight excluding hydrogens is 372 g/mol. The van der Waals surface area contributed by atoms with Crippen molar-refractivity contribution in [1.29, 1.82) is 0 Å². The Morgan fingerprint density at radius 1 is 1.44 bits per heavy atom. The Balaban J connectivity index is 1.74. The molecule has 27 heavy (non-hydrogen) atoms. The zero-order chi connectivity index (χ0) is 19.4. The predicted octanol–water partition coefficient (Wildman–Crippen LogP) is -1.86. The zero-order valence-corrected chi connectivity index (χ0v) is 15.5. The van der Waals surface area contributed by atoms with E-state index in [4.69, 9.17) is 5.73 Å². The van der Waals surface area contributed by atoms with Crippen LogP contribution in [0.2, 0.25) is 0 Å². The molecule has 1 aromatic rings. The third kappa shape index (κ3) is 4.59. The van der Waals surface area contributed by atoms with Crippen LogP contribution in [0.15, 0.2) is 12.5 Å². The molecule has 2 saturated heterocycles. The van der Waals surface area contributed by atoms with Gasteiger partial charge in [-0.1, -0.05) is 0 Å². The molecule has 4 amide bonds. The standard InChI is InChI=1S/C16H22N6O4S/c17-14(24)12-2-1-3-22(12)16(26)10(4-9-5-18-8-19-9)21-15(25)11-6-27-7-13(23)20-11/h5,8,10-12H,1-4,6-7H2,(H2,17,24)(H,18,19)(H,20,23)(H,21,25). The Bertz CT molecular complexity index is 725. The van der Waals surface area contributed by atoms with E-state index in [1.807, 2.05) is 0 Å². The number of carbonyl (C=O) groups excluding carboxylic acids is 4. The van der Waals surface area contributed by atoms with Gasteiger partial charge in [0.05, 0.1) is 12.1 Å². The van der Waals surface area contributed by atoms with Gasteiger partial charge in [0.25, 0.3) is 0 Å². The number of nitrogens with one attached hydrogen (secondary N) is 3. The van der Waals surface area contributed by atoms with Crippen LogP contribution in [-0.2, 0) is 25.6 Å². The number of H-pyrrole nitrogens is 1. The summed E-state index contributed by atoms with van der Waals surface area (Å²) in [6.45, 7) is 0.414. The van der Waals surface area contributed by atoms with E-state index < -0.39 is 29.9 Å². The number of carbonyl (C=O) groups is 4. The third-order valence-corrected chi connectivity index (χ3v) is 5.66. The van der Waals surface area contributed by atoms with Crippen molar-refractivity contribution >= 4 is 35.4 Å². The molecule has 2 aliphatic rings. The van der Waals surface area contributed by atoms with Crippen molar-refractivity contribution in [3.05, 3.63) is 18.2 Å². The number of nitrogens with two attached hydrogens (primary N) is 1. The fourth-order valence-corrected chi connectivity index (χ4v) is 4.16. The van der Waals surface area contributed by atoms with Gasteiger partial charge >= 0.3 is 0 Å². The van der Waals surface area contributed by atoms with Gasteiger partial charge in [0.15, 0.2) is 0 Å². The molecule has 3 unspecified atom stereocenters. The van der Waals surface area contributed by atoms with Crippen molar-refractivity contribution in [2.45, 2.75) is 37.4 Å². The van der Waals surface area contributed by atoms with Crippen molar-refractivity contribution in [3.63, 3.8) is 0 Å². The Labute approximate surface area is 160 Å². The van der Waals surface area contributed by atoms with Crippen molar-refractivity contribution in [3.8, 4) is 0 Å². The van der Waals surface area contributed by atoms with Gasteiger partial charge in [0.1, 0.15) is 18.1 Å². The minimum Gasteiger partial charge on any atom is -0.368 e. The Morgan fingerprint density at radius 3 is 2.93 bits per heavy atom. The first-order valence-electron chi connectivity index (χ1n) is 8.70. The number of rotatable bonds is 6. The highest BCUT2D eigenvalue weighted by Gasteiger charge is 2.38. The van der Waals surface area contributed by atoms with Gasteiger partial charge in [0, 0.05) is 30.6 Å². The number of imidazole rings is 1. The molecule has 0 saturated carbocycles. The molecule has 5 N–H and O–H groups in total. The topological polar surface area (TPSA) is 150 Å². The quantitative estimate of drug-likeness (QED) is 0.445. The van der Waals surface area contributed by atoms with Crippen molar-refractivity contribution in [1.82, 2.24) is 25.5 Å². The molecule has 0 aliphatic carbocycles. The van der Waals surface area contributed by atoms with Gasteiger partial charge in [-0.2, -0.15) is 0 Å². The van der Waals surface area contributed by atoms with E-state index in [1.54, 1.807) is 6.20 Å². The van der Waals surface area contributed by atoms with E-state index in [2.05, 4.69) is 20.6 Å². The fraction of sp³-hybridized carbons (Fsp3) is 0.562. The Morgan fingerprint density at radius 2 is 2.26 bits per heavy atom. The second kappa shape index (κ2) is 8.42. The maximum atomic E-state index is 13.0. The summed E-state index contributed by atoms with van der Waals surface area (Å²) in [6.07, 6.45) is 4.44. The summed E-state index contributed by atoms with van der Waals surface area (Å²) in [5.41, 5.74) is 6.08. The number of hydrogen-bond donors (Lipinski definition) is 4. The highest BCUT2D eigenvalue weighted by atomic mass is 32.2. The van der Waals surface area contributed by atoms with Crippen molar-refractivity contribution in [2.75, 3.05) is 18.1 Å². The van der Waals surface area contributed by atoms with Gasteiger partial charge in [-0.3, -0.25) is 19.2 Å². The number of likely N-dealkylation sites (tertiary alicyclic amines) is 1. The predicted molar refractivity (Wildman–Crippen MR) is 97.4 cm³/mol. The van der Waals surface area contributed by atoms with Crippen LogP contribution in [0.4, 0.5) is 0 Å². The third-order valence-electron chi connectivity index (χ3n) is 4.63. The molecule has 0 radical (unpaired) electrons. The summed E-state index contributed by atoms with van der Waals surface area (Å²) in [5, 5.41) is 5.35. The molecule has 2 fully saturated rings. The molecule has 2 aliphatic heterocycles. The number of aromatic amines is 1.